The Hall–Kier alpha value is -0.950. The summed E-state index contributed by atoms with van der Waals surface area (Å²) in [6, 6.07) is 0. The highest BCUT2D eigenvalue weighted by molar-refractivity contribution is 7.92. The van der Waals surface area contributed by atoms with Gasteiger partial charge in [-0.25, -0.2) is 8.42 Å². The van der Waals surface area contributed by atoms with E-state index in [4.69, 9.17) is 10.3 Å². The fourth-order valence-corrected chi connectivity index (χ4v) is 5.28. The maximum atomic E-state index is 12.2. The minimum Gasteiger partial charge on any atom is -0.339 e. The largest absolute Gasteiger partial charge is 0.339 e. The number of hydrogen-bond donors (Lipinski definition) is 1. The third-order valence-corrected chi connectivity index (χ3v) is 7.08. The van der Waals surface area contributed by atoms with Crippen molar-refractivity contribution in [1.29, 1.82) is 0 Å². The summed E-state index contributed by atoms with van der Waals surface area (Å²) in [5, 5.41) is 3.79. The van der Waals surface area contributed by atoms with Gasteiger partial charge in [0.25, 0.3) is 0 Å². The van der Waals surface area contributed by atoms with Crippen LogP contribution in [-0.4, -0.2) is 29.6 Å². The molecule has 2 aliphatic rings. The van der Waals surface area contributed by atoms with Gasteiger partial charge in [0.15, 0.2) is 15.7 Å². The second-order valence-corrected chi connectivity index (χ2v) is 8.80. The first kappa shape index (κ1) is 15.0. The summed E-state index contributed by atoms with van der Waals surface area (Å²) in [5.74, 6) is 1.02. The third kappa shape index (κ3) is 3.13. The molecule has 2 saturated carbocycles. The number of aryl methyl sites for hydroxylation is 1. The minimum absolute atomic E-state index is 0.0941. The molecule has 118 valence electrons. The third-order valence-electron chi connectivity index (χ3n) is 4.82. The Morgan fingerprint density at radius 2 is 1.86 bits per heavy atom. The monoisotopic (exact) mass is 313 g/mol. The van der Waals surface area contributed by atoms with Gasteiger partial charge in [-0.3, -0.25) is 0 Å². The van der Waals surface area contributed by atoms with Gasteiger partial charge >= 0.3 is 0 Å². The van der Waals surface area contributed by atoms with Gasteiger partial charge in [-0.1, -0.05) is 30.8 Å². The molecule has 1 aromatic heterocycles. The Labute approximate surface area is 125 Å². The van der Waals surface area contributed by atoms with Crippen LogP contribution in [0.3, 0.4) is 0 Å². The van der Waals surface area contributed by atoms with E-state index in [-0.39, 0.29) is 11.0 Å². The van der Waals surface area contributed by atoms with Crippen molar-refractivity contribution in [2.75, 3.05) is 5.75 Å². The van der Waals surface area contributed by atoms with Gasteiger partial charge in [0.1, 0.15) is 0 Å². The average molecular weight is 313 g/mol. The highest BCUT2D eigenvalue weighted by Gasteiger charge is 2.36. The molecule has 2 fully saturated rings. The first-order chi connectivity index (χ1) is 10.00. The van der Waals surface area contributed by atoms with Crippen molar-refractivity contribution in [3.63, 3.8) is 0 Å². The summed E-state index contributed by atoms with van der Waals surface area (Å²) in [5.41, 5.74) is 5.79. The maximum Gasteiger partial charge on any atom is 0.227 e. The summed E-state index contributed by atoms with van der Waals surface area (Å²) in [7, 11) is -3.04. The van der Waals surface area contributed by atoms with Crippen molar-refractivity contribution >= 4 is 9.84 Å². The predicted molar refractivity (Wildman–Crippen MR) is 78.4 cm³/mol. The van der Waals surface area contributed by atoms with Crippen LogP contribution in [0.1, 0.15) is 63.1 Å². The zero-order chi connectivity index (χ0) is 14.9. The van der Waals surface area contributed by atoms with Crippen LogP contribution in [0.2, 0.25) is 0 Å². The van der Waals surface area contributed by atoms with Crippen LogP contribution >= 0.6 is 0 Å². The molecule has 0 atom stereocenters. The molecule has 1 heterocycles. The number of rotatable bonds is 5. The molecule has 0 amide bonds. The molecule has 2 aliphatic carbocycles. The smallest absolute Gasteiger partial charge is 0.227 e. The van der Waals surface area contributed by atoms with Gasteiger partial charge in [0.2, 0.25) is 5.89 Å². The number of hydrogen-bond acceptors (Lipinski definition) is 6. The van der Waals surface area contributed by atoms with Crippen molar-refractivity contribution < 1.29 is 12.9 Å². The molecule has 3 rings (SSSR count). The zero-order valence-corrected chi connectivity index (χ0v) is 13.1. The second-order valence-electron chi connectivity index (χ2n) is 6.40. The standard InChI is InChI=1S/C14H23N3O3S/c15-14(8-3-4-9-14)13-16-12(20-17-13)7-10-21(18,19)11-5-1-2-6-11/h11H,1-10,15H2. The van der Waals surface area contributed by atoms with E-state index in [1.54, 1.807) is 0 Å². The van der Waals surface area contributed by atoms with E-state index in [1.807, 2.05) is 0 Å². The lowest BCUT2D eigenvalue weighted by atomic mass is 9.99. The fourth-order valence-electron chi connectivity index (χ4n) is 3.43. The molecule has 0 aromatic carbocycles. The molecular formula is C14H23N3O3S. The van der Waals surface area contributed by atoms with Gasteiger partial charge in [-0.05, 0) is 25.7 Å². The van der Waals surface area contributed by atoms with E-state index in [0.717, 1.165) is 51.4 Å². The van der Waals surface area contributed by atoms with E-state index >= 15 is 0 Å². The molecule has 0 spiro atoms. The molecule has 7 heteroatoms. The van der Waals surface area contributed by atoms with Crippen molar-refractivity contribution in [3.8, 4) is 0 Å². The lowest BCUT2D eigenvalue weighted by molar-refractivity contribution is 0.350. The molecule has 2 N–H and O–H groups in total. The topological polar surface area (TPSA) is 99.1 Å². The second kappa shape index (κ2) is 5.68. The van der Waals surface area contributed by atoms with E-state index in [1.165, 1.54) is 0 Å². The highest BCUT2D eigenvalue weighted by Crippen LogP contribution is 2.34. The van der Waals surface area contributed by atoms with E-state index in [2.05, 4.69) is 10.1 Å². The van der Waals surface area contributed by atoms with Gasteiger partial charge in [0, 0.05) is 6.42 Å². The van der Waals surface area contributed by atoms with Crippen LogP contribution in [0.5, 0.6) is 0 Å². The first-order valence-electron chi connectivity index (χ1n) is 7.83. The normalized spacial score (nSPS) is 22.9. The first-order valence-corrected chi connectivity index (χ1v) is 9.55. The predicted octanol–water partition coefficient (Wildman–Crippen LogP) is 1.70. The van der Waals surface area contributed by atoms with Crippen LogP contribution < -0.4 is 5.73 Å². The van der Waals surface area contributed by atoms with E-state index in [9.17, 15) is 8.42 Å². The van der Waals surface area contributed by atoms with Gasteiger partial charge in [-0.2, -0.15) is 4.98 Å². The molecule has 0 unspecified atom stereocenters. The molecule has 21 heavy (non-hydrogen) atoms. The van der Waals surface area contributed by atoms with Crippen molar-refractivity contribution in [2.45, 2.75) is 68.6 Å². The number of nitrogens with zero attached hydrogens (tertiary/aromatic N) is 2. The number of nitrogens with two attached hydrogens (primary N) is 1. The average Bonchev–Trinajstić information content (AvgIpc) is 3.18. The molecule has 0 radical (unpaired) electrons. The summed E-state index contributed by atoms with van der Waals surface area (Å²) < 4.78 is 29.6. The Bertz CT molecular complexity index is 584. The van der Waals surface area contributed by atoms with Gasteiger partial charge in [0.05, 0.1) is 16.5 Å². The molecular weight excluding hydrogens is 290 g/mol. The molecule has 1 aromatic rings. The van der Waals surface area contributed by atoms with Crippen LogP contribution in [0.25, 0.3) is 0 Å². The van der Waals surface area contributed by atoms with Crippen molar-refractivity contribution in [3.05, 3.63) is 11.7 Å². The maximum absolute atomic E-state index is 12.2. The number of aromatic nitrogens is 2. The molecule has 0 saturated heterocycles. The Balaban J connectivity index is 1.62. The molecule has 6 nitrogen and oxygen atoms in total. The van der Waals surface area contributed by atoms with Crippen LogP contribution in [-0.2, 0) is 21.8 Å². The number of sulfone groups is 1. The van der Waals surface area contributed by atoms with E-state index in [0.29, 0.717) is 18.1 Å². The molecule has 0 bridgehead atoms. The fraction of sp³-hybridized carbons (Fsp3) is 0.857. The van der Waals surface area contributed by atoms with Crippen LogP contribution in [0.4, 0.5) is 0 Å². The minimum atomic E-state index is -3.04. The summed E-state index contributed by atoms with van der Waals surface area (Å²) in [4.78, 5) is 4.33. The van der Waals surface area contributed by atoms with E-state index < -0.39 is 15.4 Å². The van der Waals surface area contributed by atoms with Crippen molar-refractivity contribution in [2.24, 2.45) is 5.73 Å². The summed E-state index contributed by atoms with van der Waals surface area (Å²) >= 11 is 0. The van der Waals surface area contributed by atoms with Crippen LogP contribution in [0.15, 0.2) is 4.52 Å². The summed E-state index contributed by atoms with van der Waals surface area (Å²) in [6.45, 7) is 0. The molecule has 0 aliphatic heterocycles. The van der Waals surface area contributed by atoms with Crippen molar-refractivity contribution in [1.82, 2.24) is 10.1 Å². The lowest BCUT2D eigenvalue weighted by Gasteiger charge is -2.17. The summed E-state index contributed by atoms with van der Waals surface area (Å²) in [6.07, 6.45) is 7.81. The Morgan fingerprint density at radius 3 is 2.52 bits per heavy atom. The highest BCUT2D eigenvalue weighted by atomic mass is 32.2. The van der Waals surface area contributed by atoms with Crippen LogP contribution in [0, 0.1) is 0 Å². The quantitative estimate of drug-likeness (QED) is 0.888. The van der Waals surface area contributed by atoms with Gasteiger partial charge in [-0.15, -0.1) is 0 Å². The van der Waals surface area contributed by atoms with Gasteiger partial charge < -0.3 is 10.3 Å². The SMILES string of the molecule is NC1(c2noc(CCS(=O)(=O)C3CCCC3)n2)CCCC1. The zero-order valence-electron chi connectivity index (χ0n) is 12.3. The lowest BCUT2D eigenvalue weighted by Crippen LogP contribution is -2.34. The Kier molecular flexibility index (Phi) is 4.05. The Morgan fingerprint density at radius 1 is 1.19 bits per heavy atom.